The average Bonchev–Trinajstić information content (AvgIpc) is 3.38. The lowest BCUT2D eigenvalue weighted by atomic mass is 10.1. The van der Waals surface area contributed by atoms with Gasteiger partial charge in [0, 0.05) is 54.7 Å². The normalized spacial score (nSPS) is 14.8. The molecule has 0 unspecified atom stereocenters. The second-order valence-corrected chi connectivity index (χ2v) is 8.42. The van der Waals surface area contributed by atoms with Gasteiger partial charge >= 0.3 is 0 Å². The van der Waals surface area contributed by atoms with Gasteiger partial charge in [-0.1, -0.05) is 18.2 Å². The number of hydrogen-bond donors (Lipinski definition) is 1. The maximum Gasteiger partial charge on any atom is 0.225 e. The Hall–Kier alpha value is -2.48. The first kappa shape index (κ1) is 19.8. The van der Waals surface area contributed by atoms with Crippen LogP contribution in [0.4, 0.5) is 0 Å². The minimum absolute atomic E-state index is 0.0777. The molecule has 0 spiro atoms. The molecule has 1 aliphatic rings. The highest BCUT2D eigenvalue weighted by Crippen LogP contribution is 2.31. The van der Waals surface area contributed by atoms with Crippen LogP contribution >= 0.6 is 11.3 Å². The summed E-state index contributed by atoms with van der Waals surface area (Å²) in [7, 11) is 1.97. The Morgan fingerprint density at radius 3 is 2.83 bits per heavy atom. The molecule has 3 aromatic rings. The van der Waals surface area contributed by atoms with Crippen LogP contribution in [0.3, 0.4) is 0 Å². The van der Waals surface area contributed by atoms with Crippen LogP contribution in [0, 0.1) is 0 Å². The van der Waals surface area contributed by atoms with Crippen LogP contribution in [0.5, 0.6) is 0 Å². The Morgan fingerprint density at radius 2 is 2.03 bits per heavy atom. The summed E-state index contributed by atoms with van der Waals surface area (Å²) in [6, 6.07) is 12.5. The third-order valence-corrected chi connectivity index (χ3v) is 6.13. The van der Waals surface area contributed by atoms with Crippen LogP contribution in [0.1, 0.15) is 4.88 Å². The fraction of sp³-hybridized carbons (Fsp3) is 0.364. The Labute approximate surface area is 175 Å². The highest BCUT2D eigenvalue weighted by atomic mass is 32.1. The monoisotopic (exact) mass is 410 g/mol. The molecule has 1 aromatic carbocycles. The maximum absolute atomic E-state index is 12.3. The van der Waals surface area contributed by atoms with Crippen LogP contribution < -0.4 is 5.32 Å². The van der Waals surface area contributed by atoms with Gasteiger partial charge in [-0.05, 0) is 23.8 Å². The van der Waals surface area contributed by atoms with Crippen molar-refractivity contribution in [3.8, 4) is 21.7 Å². The van der Waals surface area contributed by atoms with Crippen LogP contribution in [0.2, 0.25) is 0 Å². The van der Waals surface area contributed by atoms with E-state index in [9.17, 15) is 4.79 Å². The lowest BCUT2D eigenvalue weighted by Crippen LogP contribution is -2.41. The first-order valence-electron chi connectivity index (χ1n) is 9.92. The molecule has 0 atom stereocenters. The average molecular weight is 411 g/mol. The predicted molar refractivity (Wildman–Crippen MR) is 116 cm³/mol. The minimum Gasteiger partial charge on any atom is -0.379 e. The van der Waals surface area contributed by atoms with Gasteiger partial charge in [0.15, 0.2) is 0 Å². The van der Waals surface area contributed by atoms with Crippen molar-refractivity contribution in [2.24, 2.45) is 7.05 Å². The summed E-state index contributed by atoms with van der Waals surface area (Å²) in [6.07, 6.45) is 4.25. The van der Waals surface area contributed by atoms with Crippen molar-refractivity contribution < 1.29 is 9.53 Å². The molecular formula is C22H26N4O2S. The summed E-state index contributed by atoms with van der Waals surface area (Å²) >= 11 is 1.67. The molecule has 1 amide bonds. The molecule has 3 heterocycles. The van der Waals surface area contributed by atoms with Gasteiger partial charge in [-0.2, -0.15) is 0 Å². The van der Waals surface area contributed by atoms with Crippen molar-refractivity contribution in [1.29, 1.82) is 0 Å². The number of imidazole rings is 1. The maximum atomic E-state index is 12.3. The molecule has 0 radical (unpaired) electrons. The SMILES string of the molecule is Cn1cnc(-c2cccc(-c3ccc(CC(=O)NCCN4CCOCC4)s3)c2)c1. The number of carbonyl (C=O) groups excluding carboxylic acids is 1. The fourth-order valence-corrected chi connectivity index (χ4v) is 4.42. The van der Waals surface area contributed by atoms with Crippen LogP contribution in [-0.4, -0.2) is 59.8 Å². The largest absolute Gasteiger partial charge is 0.379 e. The molecule has 152 valence electrons. The third kappa shape index (κ3) is 5.32. The topological polar surface area (TPSA) is 59.4 Å². The number of benzene rings is 1. The van der Waals surface area contributed by atoms with Crippen LogP contribution in [0.15, 0.2) is 48.9 Å². The molecule has 29 heavy (non-hydrogen) atoms. The van der Waals surface area contributed by atoms with E-state index >= 15 is 0 Å². The number of morpholine rings is 1. The fourth-order valence-electron chi connectivity index (χ4n) is 3.42. The van der Waals surface area contributed by atoms with Gasteiger partial charge in [0.05, 0.1) is 31.7 Å². The van der Waals surface area contributed by atoms with Crippen molar-refractivity contribution in [2.45, 2.75) is 6.42 Å². The number of nitrogens with zero attached hydrogens (tertiary/aromatic N) is 3. The lowest BCUT2D eigenvalue weighted by molar-refractivity contribution is -0.120. The number of aromatic nitrogens is 2. The first-order valence-corrected chi connectivity index (χ1v) is 10.7. The van der Waals surface area contributed by atoms with Crippen molar-refractivity contribution in [2.75, 3.05) is 39.4 Å². The zero-order valence-electron chi connectivity index (χ0n) is 16.6. The van der Waals surface area contributed by atoms with Crippen molar-refractivity contribution in [1.82, 2.24) is 19.8 Å². The zero-order valence-corrected chi connectivity index (χ0v) is 17.5. The van der Waals surface area contributed by atoms with E-state index in [4.69, 9.17) is 4.74 Å². The van der Waals surface area contributed by atoms with E-state index in [1.165, 1.54) is 4.88 Å². The number of carbonyl (C=O) groups is 1. The second kappa shape index (κ2) is 9.35. The van der Waals surface area contributed by atoms with Gasteiger partial charge < -0.3 is 14.6 Å². The Balaban J connectivity index is 1.33. The van der Waals surface area contributed by atoms with E-state index in [-0.39, 0.29) is 5.91 Å². The first-order chi connectivity index (χ1) is 14.2. The summed E-state index contributed by atoms with van der Waals surface area (Å²) in [5.74, 6) is 0.0777. The molecular weight excluding hydrogens is 384 g/mol. The Kier molecular flexibility index (Phi) is 6.39. The molecule has 4 rings (SSSR count). The molecule has 7 heteroatoms. The summed E-state index contributed by atoms with van der Waals surface area (Å²) in [6.45, 7) is 5.03. The van der Waals surface area contributed by atoms with Crippen molar-refractivity contribution >= 4 is 17.2 Å². The predicted octanol–water partition coefficient (Wildman–Crippen LogP) is 2.81. The summed E-state index contributed by atoms with van der Waals surface area (Å²) in [4.78, 5) is 21.3. The lowest BCUT2D eigenvalue weighted by Gasteiger charge is -2.26. The number of hydrogen-bond acceptors (Lipinski definition) is 5. The highest BCUT2D eigenvalue weighted by Gasteiger charge is 2.12. The van der Waals surface area contributed by atoms with Gasteiger partial charge in [0.2, 0.25) is 5.91 Å². The third-order valence-electron chi connectivity index (χ3n) is 5.00. The van der Waals surface area contributed by atoms with Crippen LogP contribution in [-0.2, 0) is 23.0 Å². The standard InChI is InChI=1S/C22H26N4O2S/c1-25-15-20(24-16-25)17-3-2-4-18(13-17)21-6-5-19(29-21)14-22(27)23-7-8-26-9-11-28-12-10-26/h2-6,13,15-16H,7-12,14H2,1H3,(H,23,27). The van der Waals surface area contributed by atoms with E-state index < -0.39 is 0 Å². The molecule has 2 aromatic heterocycles. The summed E-state index contributed by atoms with van der Waals surface area (Å²) in [5.41, 5.74) is 3.21. The molecule has 1 fully saturated rings. The molecule has 1 N–H and O–H groups in total. The number of nitrogens with one attached hydrogen (secondary N) is 1. The number of ether oxygens (including phenoxy) is 1. The van der Waals surface area contributed by atoms with Crippen LogP contribution in [0.25, 0.3) is 21.7 Å². The molecule has 6 nitrogen and oxygen atoms in total. The van der Waals surface area contributed by atoms with Crippen molar-refractivity contribution in [3.63, 3.8) is 0 Å². The number of aryl methyl sites for hydroxylation is 1. The minimum atomic E-state index is 0.0777. The molecule has 0 saturated carbocycles. The smallest absolute Gasteiger partial charge is 0.225 e. The van der Waals surface area contributed by atoms with Gasteiger partial charge in [0.1, 0.15) is 0 Å². The molecule has 0 bridgehead atoms. The summed E-state index contributed by atoms with van der Waals surface area (Å²) in [5, 5.41) is 3.04. The van der Waals surface area contributed by atoms with Gasteiger partial charge in [-0.15, -0.1) is 11.3 Å². The number of rotatable bonds is 7. The van der Waals surface area contributed by atoms with Gasteiger partial charge in [-0.3, -0.25) is 9.69 Å². The molecule has 1 aliphatic heterocycles. The van der Waals surface area contributed by atoms with E-state index in [1.54, 1.807) is 11.3 Å². The summed E-state index contributed by atoms with van der Waals surface area (Å²) < 4.78 is 7.29. The van der Waals surface area contributed by atoms with Crippen molar-refractivity contribution in [3.05, 3.63) is 53.8 Å². The number of thiophene rings is 1. The molecule has 0 aliphatic carbocycles. The highest BCUT2D eigenvalue weighted by molar-refractivity contribution is 7.15. The van der Waals surface area contributed by atoms with E-state index in [0.717, 1.165) is 54.5 Å². The zero-order chi connectivity index (χ0) is 20.1. The molecule has 1 saturated heterocycles. The quantitative estimate of drug-likeness (QED) is 0.651. The Morgan fingerprint density at radius 1 is 1.21 bits per heavy atom. The van der Waals surface area contributed by atoms with Gasteiger partial charge in [-0.25, -0.2) is 4.98 Å². The van der Waals surface area contributed by atoms with E-state index in [2.05, 4.69) is 51.6 Å². The Bertz CT molecular complexity index is 959. The van der Waals surface area contributed by atoms with Gasteiger partial charge in [0.25, 0.3) is 0 Å². The number of amides is 1. The van der Waals surface area contributed by atoms with E-state index in [0.29, 0.717) is 13.0 Å². The second-order valence-electron chi connectivity index (χ2n) is 7.25. The van der Waals surface area contributed by atoms with E-state index in [1.807, 2.05) is 24.1 Å².